The summed E-state index contributed by atoms with van der Waals surface area (Å²) in [6.45, 7) is 1.97. The molecule has 0 aliphatic carbocycles. The number of hydrogen-bond acceptors (Lipinski definition) is 3. The zero-order valence-electron chi connectivity index (χ0n) is 14.0. The van der Waals surface area contributed by atoms with Crippen molar-refractivity contribution >= 4 is 34.8 Å². The monoisotopic (exact) mass is 365 g/mol. The molecule has 0 fully saturated rings. The first kappa shape index (κ1) is 17.6. The number of benzene rings is 2. The predicted octanol–water partition coefficient (Wildman–Crippen LogP) is 4.55. The maximum Gasteiger partial charge on any atom is 0.274 e. The van der Waals surface area contributed by atoms with Crippen molar-refractivity contribution in [3.63, 3.8) is 0 Å². The van der Waals surface area contributed by atoms with E-state index in [9.17, 15) is 9.59 Å². The molecule has 0 atom stereocenters. The third-order valence-corrected chi connectivity index (χ3v) is 4.02. The van der Waals surface area contributed by atoms with E-state index in [0.717, 1.165) is 5.56 Å². The fourth-order valence-electron chi connectivity index (χ4n) is 2.29. The van der Waals surface area contributed by atoms with Crippen LogP contribution in [0, 0.1) is 6.92 Å². The molecule has 0 aliphatic heterocycles. The van der Waals surface area contributed by atoms with Gasteiger partial charge in [0.15, 0.2) is 0 Å². The van der Waals surface area contributed by atoms with Gasteiger partial charge in [0.1, 0.15) is 5.69 Å². The van der Waals surface area contributed by atoms with E-state index in [2.05, 4.69) is 15.6 Å². The number of pyridine rings is 1. The molecule has 0 saturated carbocycles. The smallest absolute Gasteiger partial charge is 0.274 e. The lowest BCUT2D eigenvalue weighted by molar-refractivity contribution is 0.102. The Labute approximate surface area is 156 Å². The van der Waals surface area contributed by atoms with Crippen molar-refractivity contribution in [2.24, 2.45) is 0 Å². The Bertz CT molecular complexity index is 955. The number of aromatic nitrogens is 1. The molecule has 0 unspecified atom stereocenters. The standard InChI is InChI=1S/C20H16ClN3O2/c1-13-6-8-15(9-7-13)23-19(25)14-10-11-22-18(12-14)20(26)24-17-5-3-2-4-16(17)21/h2-12H,1H3,(H,23,25)(H,24,26). The lowest BCUT2D eigenvalue weighted by Gasteiger charge is -2.08. The average molecular weight is 366 g/mol. The van der Waals surface area contributed by atoms with Crippen molar-refractivity contribution in [3.05, 3.63) is 88.7 Å². The van der Waals surface area contributed by atoms with E-state index in [-0.39, 0.29) is 11.6 Å². The van der Waals surface area contributed by atoms with Crippen LogP contribution in [-0.2, 0) is 0 Å². The zero-order valence-corrected chi connectivity index (χ0v) is 14.7. The molecule has 0 saturated heterocycles. The van der Waals surface area contributed by atoms with Crippen LogP contribution >= 0.6 is 11.6 Å². The molecule has 2 amide bonds. The van der Waals surface area contributed by atoms with E-state index in [1.807, 2.05) is 31.2 Å². The summed E-state index contributed by atoms with van der Waals surface area (Å²) in [5, 5.41) is 5.90. The quantitative estimate of drug-likeness (QED) is 0.712. The van der Waals surface area contributed by atoms with Crippen LogP contribution in [0.5, 0.6) is 0 Å². The lowest BCUT2D eigenvalue weighted by atomic mass is 10.2. The van der Waals surface area contributed by atoms with Gasteiger partial charge in [-0.25, -0.2) is 0 Å². The van der Waals surface area contributed by atoms with Crippen LogP contribution in [0.15, 0.2) is 66.9 Å². The highest BCUT2D eigenvalue weighted by atomic mass is 35.5. The van der Waals surface area contributed by atoms with Gasteiger partial charge in [0.2, 0.25) is 0 Å². The Balaban J connectivity index is 1.75. The minimum Gasteiger partial charge on any atom is -0.322 e. The Morgan fingerprint density at radius 2 is 1.65 bits per heavy atom. The highest BCUT2D eigenvalue weighted by Gasteiger charge is 2.13. The minimum atomic E-state index is -0.442. The second-order valence-corrected chi connectivity index (χ2v) is 6.09. The van der Waals surface area contributed by atoms with Crippen molar-refractivity contribution in [2.45, 2.75) is 6.92 Å². The number of rotatable bonds is 4. The zero-order chi connectivity index (χ0) is 18.5. The average Bonchev–Trinajstić information content (AvgIpc) is 2.65. The normalized spacial score (nSPS) is 10.2. The number of anilines is 2. The number of halogens is 1. The molecule has 1 aromatic heterocycles. The third-order valence-electron chi connectivity index (χ3n) is 3.69. The molecule has 2 aromatic carbocycles. The molecule has 0 radical (unpaired) electrons. The summed E-state index contributed by atoms with van der Waals surface area (Å²) in [6.07, 6.45) is 1.42. The van der Waals surface area contributed by atoms with Crippen LogP contribution in [0.4, 0.5) is 11.4 Å². The summed E-state index contributed by atoms with van der Waals surface area (Å²) >= 11 is 6.04. The summed E-state index contributed by atoms with van der Waals surface area (Å²) in [4.78, 5) is 28.8. The molecule has 5 nitrogen and oxygen atoms in total. The Kier molecular flexibility index (Phi) is 5.29. The van der Waals surface area contributed by atoms with E-state index in [4.69, 9.17) is 11.6 Å². The molecule has 1 heterocycles. The van der Waals surface area contributed by atoms with Crippen LogP contribution in [0.1, 0.15) is 26.4 Å². The summed E-state index contributed by atoms with van der Waals surface area (Å²) in [5.74, 6) is -0.758. The van der Waals surface area contributed by atoms with Crippen LogP contribution in [-0.4, -0.2) is 16.8 Å². The number of hydrogen-bond donors (Lipinski definition) is 2. The van der Waals surface area contributed by atoms with Gasteiger partial charge >= 0.3 is 0 Å². The van der Waals surface area contributed by atoms with Crippen molar-refractivity contribution in [1.29, 1.82) is 0 Å². The Hall–Kier alpha value is -3.18. The first-order valence-corrected chi connectivity index (χ1v) is 8.31. The van der Waals surface area contributed by atoms with Crippen LogP contribution in [0.2, 0.25) is 5.02 Å². The van der Waals surface area contributed by atoms with E-state index in [1.54, 1.807) is 30.3 Å². The highest BCUT2D eigenvalue weighted by Crippen LogP contribution is 2.21. The molecule has 3 aromatic rings. The summed E-state index contributed by atoms with van der Waals surface area (Å²) in [6, 6.07) is 17.3. The number of carbonyl (C=O) groups is 2. The molecule has 26 heavy (non-hydrogen) atoms. The van der Waals surface area contributed by atoms with E-state index < -0.39 is 5.91 Å². The summed E-state index contributed by atoms with van der Waals surface area (Å²) in [5.41, 5.74) is 2.73. The maximum absolute atomic E-state index is 12.4. The van der Waals surface area contributed by atoms with Gasteiger partial charge < -0.3 is 10.6 Å². The molecule has 0 spiro atoms. The molecule has 3 rings (SSSR count). The van der Waals surface area contributed by atoms with Gasteiger partial charge in [-0.2, -0.15) is 0 Å². The highest BCUT2D eigenvalue weighted by molar-refractivity contribution is 6.33. The van der Waals surface area contributed by atoms with Crippen molar-refractivity contribution in [1.82, 2.24) is 4.98 Å². The van der Waals surface area contributed by atoms with E-state index >= 15 is 0 Å². The summed E-state index contributed by atoms with van der Waals surface area (Å²) < 4.78 is 0. The Morgan fingerprint density at radius 1 is 0.923 bits per heavy atom. The predicted molar refractivity (Wildman–Crippen MR) is 103 cm³/mol. The second-order valence-electron chi connectivity index (χ2n) is 5.68. The minimum absolute atomic E-state index is 0.126. The third kappa shape index (κ3) is 4.26. The second kappa shape index (κ2) is 7.80. The van der Waals surface area contributed by atoms with Gasteiger partial charge in [0, 0.05) is 17.4 Å². The van der Waals surface area contributed by atoms with Crippen molar-refractivity contribution in [3.8, 4) is 0 Å². The van der Waals surface area contributed by atoms with Crippen LogP contribution in [0.25, 0.3) is 0 Å². The first-order valence-electron chi connectivity index (χ1n) is 7.93. The molecular formula is C20H16ClN3O2. The largest absolute Gasteiger partial charge is 0.322 e. The maximum atomic E-state index is 12.4. The van der Waals surface area contributed by atoms with Gasteiger partial charge in [0.25, 0.3) is 11.8 Å². The van der Waals surface area contributed by atoms with Crippen molar-refractivity contribution in [2.75, 3.05) is 10.6 Å². The SMILES string of the molecule is Cc1ccc(NC(=O)c2ccnc(C(=O)Nc3ccccc3Cl)c2)cc1. The van der Waals surface area contributed by atoms with E-state index in [0.29, 0.717) is 22.0 Å². The van der Waals surface area contributed by atoms with E-state index in [1.165, 1.54) is 12.3 Å². The van der Waals surface area contributed by atoms with Gasteiger partial charge in [-0.3, -0.25) is 14.6 Å². The molecule has 0 aliphatic rings. The molecule has 6 heteroatoms. The number of carbonyl (C=O) groups excluding carboxylic acids is 2. The van der Waals surface area contributed by atoms with Crippen molar-refractivity contribution < 1.29 is 9.59 Å². The van der Waals surface area contributed by atoms with Gasteiger partial charge in [0.05, 0.1) is 10.7 Å². The number of nitrogens with zero attached hydrogens (tertiary/aromatic N) is 1. The number of nitrogens with one attached hydrogen (secondary N) is 2. The van der Waals surface area contributed by atoms with Gasteiger partial charge in [-0.15, -0.1) is 0 Å². The molecular weight excluding hydrogens is 350 g/mol. The number of para-hydroxylation sites is 1. The van der Waals surface area contributed by atoms with Gasteiger partial charge in [-0.1, -0.05) is 41.4 Å². The first-order chi connectivity index (χ1) is 12.5. The molecule has 2 N–H and O–H groups in total. The number of amides is 2. The fourth-order valence-corrected chi connectivity index (χ4v) is 2.47. The van der Waals surface area contributed by atoms with Crippen LogP contribution in [0.3, 0.4) is 0 Å². The molecule has 130 valence electrons. The summed E-state index contributed by atoms with van der Waals surface area (Å²) in [7, 11) is 0. The van der Waals surface area contributed by atoms with Gasteiger partial charge in [-0.05, 0) is 43.3 Å². The Morgan fingerprint density at radius 3 is 2.38 bits per heavy atom. The fraction of sp³-hybridized carbons (Fsp3) is 0.0500. The topological polar surface area (TPSA) is 71.1 Å². The lowest BCUT2D eigenvalue weighted by Crippen LogP contribution is -2.17. The number of aryl methyl sites for hydroxylation is 1. The van der Waals surface area contributed by atoms with Crippen LogP contribution < -0.4 is 10.6 Å². The molecule has 0 bridgehead atoms.